The van der Waals surface area contributed by atoms with Crippen molar-refractivity contribution in [2.45, 2.75) is 34.6 Å². The first-order valence-corrected chi connectivity index (χ1v) is 7.57. The van der Waals surface area contributed by atoms with Gasteiger partial charge in [0.2, 0.25) is 0 Å². The van der Waals surface area contributed by atoms with Crippen LogP contribution in [-0.4, -0.2) is 25.2 Å². The second-order valence-corrected chi connectivity index (χ2v) is 6.84. The van der Waals surface area contributed by atoms with Gasteiger partial charge >= 0.3 is 11.9 Å². The first-order chi connectivity index (χ1) is 9.31. The largest absolute Gasteiger partial charge is 0.462 e. The van der Waals surface area contributed by atoms with Crippen LogP contribution in [0.1, 0.15) is 52.6 Å². The van der Waals surface area contributed by atoms with E-state index in [0.29, 0.717) is 23.7 Å². The molecule has 0 bridgehead atoms. The molecular formula is C15H22O4S. The van der Waals surface area contributed by atoms with Gasteiger partial charge in [-0.25, -0.2) is 9.59 Å². The van der Waals surface area contributed by atoms with E-state index in [9.17, 15) is 9.59 Å². The molecule has 20 heavy (non-hydrogen) atoms. The lowest BCUT2D eigenvalue weighted by molar-refractivity contribution is 0.0417. The van der Waals surface area contributed by atoms with Crippen molar-refractivity contribution >= 4 is 23.3 Å². The predicted molar refractivity (Wildman–Crippen MR) is 79.3 cm³/mol. The van der Waals surface area contributed by atoms with Crippen LogP contribution in [-0.2, 0) is 9.47 Å². The smallest absolute Gasteiger partial charge is 0.349 e. The summed E-state index contributed by atoms with van der Waals surface area (Å²) >= 11 is 1.26. The van der Waals surface area contributed by atoms with Gasteiger partial charge in [-0.1, -0.05) is 27.7 Å². The maximum absolute atomic E-state index is 12.0. The summed E-state index contributed by atoms with van der Waals surface area (Å²) in [7, 11) is 0. The fourth-order valence-corrected chi connectivity index (χ4v) is 2.34. The van der Waals surface area contributed by atoms with Crippen molar-refractivity contribution in [2.75, 3.05) is 13.2 Å². The molecule has 0 saturated carbocycles. The number of thiophene rings is 1. The lowest BCUT2D eigenvalue weighted by atomic mass is 10.2. The van der Waals surface area contributed by atoms with Crippen molar-refractivity contribution in [2.24, 2.45) is 11.8 Å². The van der Waals surface area contributed by atoms with Gasteiger partial charge in [0.05, 0.1) is 18.8 Å². The van der Waals surface area contributed by atoms with Crippen LogP contribution in [0.3, 0.4) is 0 Å². The van der Waals surface area contributed by atoms with E-state index in [1.54, 1.807) is 6.07 Å². The number of aryl methyl sites for hydroxylation is 1. The molecule has 4 nitrogen and oxygen atoms in total. The van der Waals surface area contributed by atoms with Gasteiger partial charge in [0.25, 0.3) is 0 Å². The molecule has 0 unspecified atom stereocenters. The van der Waals surface area contributed by atoms with E-state index in [-0.39, 0.29) is 11.8 Å². The lowest BCUT2D eigenvalue weighted by Crippen LogP contribution is -2.15. The summed E-state index contributed by atoms with van der Waals surface area (Å²) in [6.07, 6.45) is 0. The summed E-state index contributed by atoms with van der Waals surface area (Å²) in [5, 5.41) is 0. The molecule has 0 spiro atoms. The fraction of sp³-hybridized carbons (Fsp3) is 0.600. The van der Waals surface area contributed by atoms with Gasteiger partial charge in [0, 0.05) is 4.88 Å². The van der Waals surface area contributed by atoms with E-state index in [0.717, 1.165) is 4.88 Å². The van der Waals surface area contributed by atoms with Crippen LogP contribution >= 0.6 is 11.3 Å². The monoisotopic (exact) mass is 298 g/mol. The SMILES string of the molecule is Cc1cc(C(=O)OCC(C)C)c(C(=O)OCC(C)C)s1. The highest BCUT2D eigenvalue weighted by atomic mass is 32.1. The van der Waals surface area contributed by atoms with Crippen molar-refractivity contribution in [1.29, 1.82) is 0 Å². The molecule has 0 fully saturated rings. The second-order valence-electron chi connectivity index (χ2n) is 5.58. The van der Waals surface area contributed by atoms with Gasteiger partial charge in [0.1, 0.15) is 4.88 Å². The molecule has 1 aromatic rings. The Balaban J connectivity index is 2.81. The zero-order chi connectivity index (χ0) is 15.3. The zero-order valence-corrected chi connectivity index (χ0v) is 13.5. The Morgan fingerprint density at radius 1 is 1.05 bits per heavy atom. The van der Waals surface area contributed by atoms with E-state index in [2.05, 4.69) is 0 Å². The van der Waals surface area contributed by atoms with Crippen LogP contribution in [0.15, 0.2) is 6.07 Å². The Morgan fingerprint density at radius 2 is 1.55 bits per heavy atom. The summed E-state index contributed by atoms with van der Waals surface area (Å²) in [6.45, 7) is 10.4. The first kappa shape index (κ1) is 16.7. The quantitative estimate of drug-likeness (QED) is 0.752. The third-order valence-corrected chi connectivity index (χ3v) is 3.39. The van der Waals surface area contributed by atoms with Gasteiger partial charge in [-0.05, 0) is 24.8 Å². The molecule has 0 amide bonds. The average molecular weight is 298 g/mol. The molecule has 1 heterocycles. The summed E-state index contributed by atoms with van der Waals surface area (Å²) in [5.74, 6) is -0.390. The average Bonchev–Trinajstić information content (AvgIpc) is 2.75. The maximum atomic E-state index is 12.0. The summed E-state index contributed by atoms with van der Waals surface area (Å²) in [5.41, 5.74) is 0.307. The van der Waals surface area contributed by atoms with Crippen molar-refractivity contribution in [3.05, 3.63) is 21.4 Å². The van der Waals surface area contributed by atoms with Crippen LogP contribution in [0.4, 0.5) is 0 Å². The number of esters is 2. The van der Waals surface area contributed by atoms with Crippen LogP contribution in [0.5, 0.6) is 0 Å². The van der Waals surface area contributed by atoms with Gasteiger partial charge in [-0.15, -0.1) is 11.3 Å². The Labute approximate surface area is 124 Å². The molecule has 0 N–H and O–H groups in total. The van der Waals surface area contributed by atoms with E-state index in [1.807, 2.05) is 34.6 Å². The normalized spacial score (nSPS) is 10.9. The van der Waals surface area contributed by atoms with Crippen LogP contribution in [0, 0.1) is 18.8 Å². The van der Waals surface area contributed by atoms with E-state index < -0.39 is 11.9 Å². The molecule has 0 saturated heterocycles. The standard InChI is InChI=1S/C15H22O4S/c1-9(2)7-18-14(16)12-6-11(5)20-13(12)15(17)19-8-10(3)4/h6,9-10H,7-8H2,1-5H3. The molecule has 0 aliphatic rings. The zero-order valence-electron chi connectivity index (χ0n) is 12.7. The Hall–Kier alpha value is -1.36. The Kier molecular flexibility index (Phi) is 6.20. The molecule has 0 aliphatic carbocycles. The van der Waals surface area contributed by atoms with Crippen LogP contribution < -0.4 is 0 Å². The van der Waals surface area contributed by atoms with Gasteiger partial charge in [0.15, 0.2) is 0 Å². The van der Waals surface area contributed by atoms with Gasteiger partial charge in [-0.3, -0.25) is 0 Å². The summed E-state index contributed by atoms with van der Waals surface area (Å²) < 4.78 is 10.4. The molecule has 112 valence electrons. The number of hydrogen-bond acceptors (Lipinski definition) is 5. The Bertz CT molecular complexity index is 433. The molecular weight excluding hydrogens is 276 g/mol. The topological polar surface area (TPSA) is 52.6 Å². The number of carbonyl (C=O) groups is 2. The number of hydrogen-bond donors (Lipinski definition) is 0. The summed E-state index contributed by atoms with van der Waals surface area (Å²) in [4.78, 5) is 25.2. The lowest BCUT2D eigenvalue weighted by Gasteiger charge is -2.09. The molecule has 1 aromatic heterocycles. The van der Waals surface area contributed by atoms with Gasteiger partial charge < -0.3 is 9.47 Å². The van der Waals surface area contributed by atoms with Gasteiger partial charge in [-0.2, -0.15) is 0 Å². The molecule has 5 heteroatoms. The fourth-order valence-electron chi connectivity index (χ4n) is 1.45. The van der Waals surface area contributed by atoms with Crippen LogP contribution in [0.25, 0.3) is 0 Å². The Morgan fingerprint density at radius 3 is 2.05 bits per heavy atom. The number of carbonyl (C=O) groups excluding carboxylic acids is 2. The molecule has 0 radical (unpaired) electrons. The highest BCUT2D eigenvalue weighted by molar-refractivity contribution is 7.14. The highest BCUT2D eigenvalue weighted by Crippen LogP contribution is 2.24. The van der Waals surface area contributed by atoms with Crippen molar-refractivity contribution in [1.82, 2.24) is 0 Å². The van der Waals surface area contributed by atoms with E-state index in [1.165, 1.54) is 11.3 Å². The van der Waals surface area contributed by atoms with Crippen LogP contribution in [0.2, 0.25) is 0 Å². The minimum absolute atomic E-state index is 0.259. The second kappa shape index (κ2) is 7.43. The van der Waals surface area contributed by atoms with Crippen molar-refractivity contribution < 1.29 is 19.1 Å². The number of rotatable bonds is 6. The summed E-state index contributed by atoms with van der Waals surface area (Å²) in [6, 6.07) is 1.68. The van der Waals surface area contributed by atoms with E-state index in [4.69, 9.17) is 9.47 Å². The van der Waals surface area contributed by atoms with E-state index >= 15 is 0 Å². The first-order valence-electron chi connectivity index (χ1n) is 6.76. The van der Waals surface area contributed by atoms with Crippen molar-refractivity contribution in [3.8, 4) is 0 Å². The molecule has 1 rings (SSSR count). The third kappa shape index (κ3) is 4.96. The highest BCUT2D eigenvalue weighted by Gasteiger charge is 2.23. The molecule has 0 aliphatic heterocycles. The number of ether oxygens (including phenoxy) is 2. The molecule has 0 atom stereocenters. The molecule has 0 aromatic carbocycles. The van der Waals surface area contributed by atoms with Crippen molar-refractivity contribution in [3.63, 3.8) is 0 Å². The maximum Gasteiger partial charge on any atom is 0.349 e. The predicted octanol–water partition coefficient (Wildman–Crippen LogP) is 3.68. The minimum Gasteiger partial charge on any atom is -0.462 e. The minimum atomic E-state index is -0.459. The third-order valence-electron chi connectivity index (χ3n) is 2.36.